The lowest BCUT2D eigenvalue weighted by atomic mass is 9.97. The second kappa shape index (κ2) is 9.06. The van der Waals surface area contributed by atoms with E-state index in [1.54, 1.807) is 6.26 Å². The summed E-state index contributed by atoms with van der Waals surface area (Å²) < 4.78 is 16.7. The van der Waals surface area contributed by atoms with Crippen molar-refractivity contribution >= 4 is 5.91 Å². The predicted molar refractivity (Wildman–Crippen MR) is 100 cm³/mol. The van der Waals surface area contributed by atoms with Crippen LogP contribution in [0.15, 0.2) is 47.1 Å². The highest BCUT2D eigenvalue weighted by Crippen LogP contribution is 2.25. The third-order valence-electron chi connectivity index (χ3n) is 4.88. The molecule has 1 aromatic heterocycles. The standard InChI is InChI=1S/C21H27NO5/c1-14(2)20(23)15-5-7-17(8-6-15)27-11-16-10-22-21(24)19(16)13-25-12-18-4-3-9-26-18/h3-9,14,16,19-20,23H,10-13H2,1-2H3,(H,22,24)/t16-,19-,20?/m1/s1. The topological polar surface area (TPSA) is 80.9 Å². The first-order valence-corrected chi connectivity index (χ1v) is 9.33. The van der Waals surface area contributed by atoms with E-state index in [0.29, 0.717) is 26.4 Å². The molecule has 1 fully saturated rings. The minimum Gasteiger partial charge on any atom is -0.493 e. The normalized spacial score (nSPS) is 20.7. The zero-order valence-corrected chi connectivity index (χ0v) is 15.8. The van der Waals surface area contributed by atoms with Crippen LogP contribution >= 0.6 is 0 Å². The highest BCUT2D eigenvalue weighted by atomic mass is 16.5. The van der Waals surface area contributed by atoms with E-state index in [9.17, 15) is 9.90 Å². The van der Waals surface area contributed by atoms with Crippen LogP contribution in [-0.2, 0) is 16.1 Å². The van der Waals surface area contributed by atoms with Gasteiger partial charge in [-0.05, 0) is 35.7 Å². The van der Waals surface area contributed by atoms with E-state index in [0.717, 1.165) is 17.1 Å². The maximum atomic E-state index is 12.1. The third-order valence-corrected chi connectivity index (χ3v) is 4.88. The summed E-state index contributed by atoms with van der Waals surface area (Å²) in [5, 5.41) is 13.0. The molecule has 0 bridgehead atoms. The molecule has 1 saturated heterocycles. The van der Waals surface area contributed by atoms with Crippen molar-refractivity contribution in [3.8, 4) is 5.75 Å². The second-order valence-corrected chi connectivity index (χ2v) is 7.28. The van der Waals surface area contributed by atoms with Gasteiger partial charge in [-0.25, -0.2) is 0 Å². The fraction of sp³-hybridized carbons (Fsp3) is 0.476. The van der Waals surface area contributed by atoms with Crippen LogP contribution in [0, 0.1) is 17.8 Å². The molecule has 3 rings (SSSR count). The Morgan fingerprint density at radius 1 is 1.22 bits per heavy atom. The molecule has 2 aromatic rings. The smallest absolute Gasteiger partial charge is 0.225 e. The minimum absolute atomic E-state index is 0.00144. The number of nitrogens with one attached hydrogen (secondary N) is 1. The lowest BCUT2D eigenvalue weighted by Gasteiger charge is -2.18. The number of hydrogen-bond acceptors (Lipinski definition) is 5. The Kier molecular flexibility index (Phi) is 6.53. The van der Waals surface area contributed by atoms with Gasteiger partial charge in [0, 0.05) is 12.5 Å². The van der Waals surface area contributed by atoms with Crippen molar-refractivity contribution < 1.29 is 23.8 Å². The number of furan rings is 1. The van der Waals surface area contributed by atoms with Crippen molar-refractivity contribution in [1.29, 1.82) is 0 Å². The van der Waals surface area contributed by atoms with Crippen LogP contribution in [0.25, 0.3) is 0 Å². The number of benzene rings is 1. The Hall–Kier alpha value is -2.31. The second-order valence-electron chi connectivity index (χ2n) is 7.28. The average molecular weight is 373 g/mol. The number of carbonyl (C=O) groups excluding carboxylic acids is 1. The summed E-state index contributed by atoms with van der Waals surface area (Å²) in [6.45, 7) is 5.65. The van der Waals surface area contributed by atoms with Crippen molar-refractivity contribution in [3.63, 3.8) is 0 Å². The van der Waals surface area contributed by atoms with Crippen LogP contribution < -0.4 is 10.1 Å². The molecule has 0 saturated carbocycles. The number of aliphatic hydroxyl groups excluding tert-OH is 1. The van der Waals surface area contributed by atoms with Gasteiger partial charge in [-0.3, -0.25) is 4.79 Å². The van der Waals surface area contributed by atoms with Crippen LogP contribution in [0.2, 0.25) is 0 Å². The lowest BCUT2D eigenvalue weighted by Crippen LogP contribution is -2.27. The molecule has 2 heterocycles. The van der Waals surface area contributed by atoms with E-state index in [2.05, 4.69) is 5.32 Å². The van der Waals surface area contributed by atoms with Gasteiger partial charge in [0.05, 0.1) is 31.5 Å². The van der Waals surface area contributed by atoms with Gasteiger partial charge in [-0.2, -0.15) is 0 Å². The van der Waals surface area contributed by atoms with E-state index < -0.39 is 6.10 Å². The van der Waals surface area contributed by atoms with E-state index >= 15 is 0 Å². The van der Waals surface area contributed by atoms with E-state index in [1.807, 2.05) is 50.2 Å². The van der Waals surface area contributed by atoms with Crippen molar-refractivity contribution in [3.05, 3.63) is 54.0 Å². The van der Waals surface area contributed by atoms with Crippen LogP contribution in [0.5, 0.6) is 5.75 Å². The summed E-state index contributed by atoms with van der Waals surface area (Å²) in [7, 11) is 0. The Bertz CT molecular complexity index is 711. The highest BCUT2D eigenvalue weighted by Gasteiger charge is 2.35. The van der Waals surface area contributed by atoms with Gasteiger partial charge in [-0.1, -0.05) is 26.0 Å². The summed E-state index contributed by atoms with van der Waals surface area (Å²) in [6, 6.07) is 11.1. The molecule has 0 spiro atoms. The average Bonchev–Trinajstić information content (AvgIpc) is 3.30. The Labute approximate surface area is 159 Å². The van der Waals surface area contributed by atoms with Crippen molar-refractivity contribution in [2.24, 2.45) is 17.8 Å². The molecule has 3 atom stereocenters. The van der Waals surface area contributed by atoms with Crippen molar-refractivity contribution in [2.75, 3.05) is 19.8 Å². The van der Waals surface area contributed by atoms with Crippen molar-refractivity contribution in [1.82, 2.24) is 5.32 Å². The molecule has 1 amide bonds. The third kappa shape index (κ3) is 5.11. The molecule has 6 nitrogen and oxygen atoms in total. The summed E-state index contributed by atoms with van der Waals surface area (Å²) in [4.78, 5) is 12.1. The Balaban J connectivity index is 1.49. The number of aliphatic hydroxyl groups is 1. The zero-order chi connectivity index (χ0) is 19.2. The largest absolute Gasteiger partial charge is 0.493 e. The maximum Gasteiger partial charge on any atom is 0.225 e. The number of hydrogen-bond donors (Lipinski definition) is 2. The van der Waals surface area contributed by atoms with Crippen LogP contribution in [0.4, 0.5) is 0 Å². The summed E-state index contributed by atoms with van der Waals surface area (Å²) in [5.41, 5.74) is 0.874. The molecule has 6 heteroatoms. The van der Waals surface area contributed by atoms with E-state index in [-0.39, 0.29) is 23.7 Å². The first kappa shape index (κ1) is 19.5. The lowest BCUT2D eigenvalue weighted by molar-refractivity contribution is -0.125. The maximum absolute atomic E-state index is 12.1. The number of carbonyl (C=O) groups is 1. The molecule has 1 unspecified atom stereocenters. The SMILES string of the molecule is CC(C)C(O)c1ccc(OC[C@H]2CNC(=O)[C@@H]2COCc2ccco2)cc1. The first-order valence-electron chi connectivity index (χ1n) is 9.33. The summed E-state index contributed by atoms with van der Waals surface area (Å²) in [5.74, 6) is 1.44. The van der Waals surface area contributed by atoms with Crippen LogP contribution in [0.3, 0.4) is 0 Å². The minimum atomic E-state index is -0.480. The summed E-state index contributed by atoms with van der Waals surface area (Å²) in [6.07, 6.45) is 1.12. The highest BCUT2D eigenvalue weighted by molar-refractivity contribution is 5.81. The number of amides is 1. The van der Waals surface area contributed by atoms with Crippen LogP contribution in [-0.4, -0.2) is 30.8 Å². The van der Waals surface area contributed by atoms with Gasteiger partial charge >= 0.3 is 0 Å². The summed E-state index contributed by atoms with van der Waals surface area (Å²) >= 11 is 0. The molecular weight excluding hydrogens is 346 g/mol. The van der Waals surface area contributed by atoms with Crippen LogP contribution in [0.1, 0.15) is 31.3 Å². The zero-order valence-electron chi connectivity index (χ0n) is 15.8. The Morgan fingerprint density at radius 3 is 2.67 bits per heavy atom. The molecule has 0 radical (unpaired) electrons. The number of rotatable bonds is 9. The molecular formula is C21H27NO5. The van der Waals surface area contributed by atoms with Gasteiger partial charge in [0.2, 0.25) is 5.91 Å². The molecule has 146 valence electrons. The van der Waals surface area contributed by atoms with Gasteiger partial charge in [0.25, 0.3) is 0 Å². The van der Waals surface area contributed by atoms with Crippen molar-refractivity contribution in [2.45, 2.75) is 26.6 Å². The molecule has 0 aliphatic carbocycles. The molecule has 2 N–H and O–H groups in total. The quantitative estimate of drug-likeness (QED) is 0.706. The molecule has 1 aromatic carbocycles. The van der Waals surface area contributed by atoms with Gasteiger partial charge in [-0.15, -0.1) is 0 Å². The molecule has 1 aliphatic rings. The van der Waals surface area contributed by atoms with Gasteiger partial charge < -0.3 is 24.3 Å². The fourth-order valence-electron chi connectivity index (χ4n) is 3.14. The van der Waals surface area contributed by atoms with E-state index in [1.165, 1.54) is 0 Å². The van der Waals surface area contributed by atoms with E-state index in [4.69, 9.17) is 13.9 Å². The number of ether oxygens (including phenoxy) is 2. The van der Waals surface area contributed by atoms with Gasteiger partial charge in [0.15, 0.2) is 0 Å². The first-order chi connectivity index (χ1) is 13.0. The molecule has 27 heavy (non-hydrogen) atoms. The fourth-order valence-corrected chi connectivity index (χ4v) is 3.14. The monoisotopic (exact) mass is 373 g/mol. The Morgan fingerprint density at radius 2 is 2.00 bits per heavy atom. The van der Waals surface area contributed by atoms with Gasteiger partial charge in [0.1, 0.15) is 18.1 Å². The molecule has 1 aliphatic heterocycles. The predicted octanol–water partition coefficient (Wildman–Crippen LogP) is 2.93.